The normalized spacial score (nSPS) is 16.4. The third-order valence-corrected chi connectivity index (χ3v) is 4.70. The predicted molar refractivity (Wildman–Crippen MR) is 88.0 cm³/mol. The standard InChI is InChI=1S/C16H19N3O2S/c20-10-16(7-1-2-8-16)19-15(21)18-13-5-3-12(4-6-13)14-9-22-11-17-14/h3-6,9,11,20H,1-2,7-8,10H2,(H2,18,19,21). The van der Waals surface area contributed by atoms with Crippen molar-refractivity contribution < 1.29 is 9.90 Å². The fourth-order valence-corrected chi connectivity index (χ4v) is 3.42. The quantitative estimate of drug-likeness (QED) is 0.810. The number of amides is 2. The number of benzene rings is 1. The van der Waals surface area contributed by atoms with Gasteiger partial charge in [0.2, 0.25) is 0 Å². The van der Waals surface area contributed by atoms with Crippen molar-refractivity contribution in [3.8, 4) is 11.3 Å². The number of urea groups is 1. The number of nitrogens with one attached hydrogen (secondary N) is 2. The molecule has 5 nitrogen and oxygen atoms in total. The van der Waals surface area contributed by atoms with Crippen LogP contribution in [0.15, 0.2) is 35.2 Å². The van der Waals surface area contributed by atoms with Crippen LogP contribution in [0.5, 0.6) is 0 Å². The highest BCUT2D eigenvalue weighted by Gasteiger charge is 2.34. The molecule has 0 aliphatic heterocycles. The van der Waals surface area contributed by atoms with E-state index in [1.54, 1.807) is 16.8 Å². The van der Waals surface area contributed by atoms with E-state index >= 15 is 0 Å². The smallest absolute Gasteiger partial charge is 0.319 e. The number of thiazole rings is 1. The van der Waals surface area contributed by atoms with Crippen molar-refractivity contribution in [2.45, 2.75) is 31.2 Å². The zero-order valence-corrected chi connectivity index (χ0v) is 13.0. The topological polar surface area (TPSA) is 74.2 Å². The Morgan fingerprint density at radius 2 is 2.00 bits per heavy atom. The minimum Gasteiger partial charge on any atom is -0.394 e. The molecule has 1 aliphatic rings. The molecule has 1 saturated carbocycles. The number of rotatable bonds is 4. The van der Waals surface area contributed by atoms with Crippen molar-refractivity contribution in [3.05, 3.63) is 35.2 Å². The third-order valence-electron chi connectivity index (χ3n) is 4.11. The Bertz CT molecular complexity index is 619. The van der Waals surface area contributed by atoms with E-state index in [0.717, 1.165) is 42.6 Å². The molecule has 3 rings (SSSR count). The number of aliphatic hydroxyl groups excluding tert-OH is 1. The molecule has 3 N–H and O–H groups in total. The summed E-state index contributed by atoms with van der Waals surface area (Å²) in [6.45, 7) is -0.0107. The van der Waals surface area contributed by atoms with E-state index in [0.29, 0.717) is 0 Å². The van der Waals surface area contributed by atoms with Gasteiger partial charge in [0.15, 0.2) is 0 Å². The number of hydrogen-bond acceptors (Lipinski definition) is 4. The van der Waals surface area contributed by atoms with Gasteiger partial charge in [0.1, 0.15) is 0 Å². The van der Waals surface area contributed by atoms with Crippen LogP contribution in [0.3, 0.4) is 0 Å². The van der Waals surface area contributed by atoms with Gasteiger partial charge in [-0.25, -0.2) is 9.78 Å². The summed E-state index contributed by atoms with van der Waals surface area (Å²) in [6, 6.07) is 7.31. The van der Waals surface area contributed by atoms with E-state index in [2.05, 4.69) is 15.6 Å². The zero-order valence-electron chi connectivity index (χ0n) is 12.2. The largest absolute Gasteiger partial charge is 0.394 e. The molecule has 116 valence electrons. The van der Waals surface area contributed by atoms with Crippen LogP contribution in [0.25, 0.3) is 11.3 Å². The first-order valence-corrected chi connectivity index (χ1v) is 8.34. The maximum atomic E-state index is 12.1. The lowest BCUT2D eigenvalue weighted by molar-refractivity contribution is 0.167. The van der Waals surface area contributed by atoms with Crippen molar-refractivity contribution >= 4 is 23.1 Å². The van der Waals surface area contributed by atoms with Gasteiger partial charge in [0, 0.05) is 16.6 Å². The highest BCUT2D eigenvalue weighted by atomic mass is 32.1. The summed E-state index contributed by atoms with van der Waals surface area (Å²) >= 11 is 1.55. The number of hydrogen-bond donors (Lipinski definition) is 3. The molecule has 0 radical (unpaired) electrons. The van der Waals surface area contributed by atoms with E-state index < -0.39 is 5.54 Å². The van der Waals surface area contributed by atoms with Gasteiger partial charge in [0.05, 0.1) is 23.4 Å². The summed E-state index contributed by atoms with van der Waals surface area (Å²) in [7, 11) is 0. The molecule has 1 fully saturated rings. The molecule has 0 saturated heterocycles. The molecule has 1 aromatic heterocycles. The molecule has 0 bridgehead atoms. The molecular weight excluding hydrogens is 298 g/mol. The van der Waals surface area contributed by atoms with Crippen molar-refractivity contribution in [1.29, 1.82) is 0 Å². The average molecular weight is 317 g/mol. The summed E-state index contributed by atoms with van der Waals surface area (Å²) in [5, 5.41) is 17.3. The van der Waals surface area contributed by atoms with Gasteiger partial charge in [-0.05, 0) is 25.0 Å². The van der Waals surface area contributed by atoms with Gasteiger partial charge < -0.3 is 15.7 Å². The Labute approximate surface area is 133 Å². The van der Waals surface area contributed by atoms with Gasteiger partial charge in [-0.3, -0.25) is 0 Å². The maximum absolute atomic E-state index is 12.1. The van der Waals surface area contributed by atoms with Crippen LogP contribution in [0.4, 0.5) is 10.5 Å². The van der Waals surface area contributed by atoms with E-state index in [1.165, 1.54) is 0 Å². The number of carbonyl (C=O) groups is 1. The third kappa shape index (κ3) is 3.28. The molecule has 0 unspecified atom stereocenters. The molecule has 0 atom stereocenters. The number of carbonyl (C=O) groups excluding carboxylic acids is 1. The predicted octanol–water partition coefficient (Wildman–Crippen LogP) is 3.24. The van der Waals surface area contributed by atoms with Crippen LogP contribution in [0.2, 0.25) is 0 Å². The fourth-order valence-electron chi connectivity index (χ4n) is 2.86. The van der Waals surface area contributed by atoms with Crippen LogP contribution >= 0.6 is 11.3 Å². The van der Waals surface area contributed by atoms with Crippen LogP contribution < -0.4 is 10.6 Å². The number of anilines is 1. The first-order valence-electron chi connectivity index (χ1n) is 7.39. The zero-order chi connectivity index (χ0) is 15.4. The second-order valence-electron chi connectivity index (χ2n) is 5.68. The Morgan fingerprint density at radius 1 is 1.27 bits per heavy atom. The van der Waals surface area contributed by atoms with Gasteiger partial charge in [-0.15, -0.1) is 11.3 Å². The Balaban J connectivity index is 1.62. The van der Waals surface area contributed by atoms with Crippen molar-refractivity contribution in [2.75, 3.05) is 11.9 Å². The molecule has 2 amide bonds. The lowest BCUT2D eigenvalue weighted by Gasteiger charge is -2.27. The van der Waals surface area contributed by atoms with Gasteiger partial charge in [0.25, 0.3) is 0 Å². The van der Waals surface area contributed by atoms with Crippen LogP contribution in [-0.4, -0.2) is 28.3 Å². The second kappa shape index (κ2) is 6.46. The Morgan fingerprint density at radius 3 is 2.59 bits per heavy atom. The number of aliphatic hydroxyl groups is 1. The molecule has 1 heterocycles. The monoisotopic (exact) mass is 317 g/mol. The first kappa shape index (κ1) is 15.0. The minimum atomic E-state index is -0.454. The molecule has 22 heavy (non-hydrogen) atoms. The number of nitrogens with zero attached hydrogens (tertiary/aromatic N) is 1. The molecule has 0 spiro atoms. The van der Waals surface area contributed by atoms with Crippen molar-refractivity contribution in [2.24, 2.45) is 0 Å². The fraction of sp³-hybridized carbons (Fsp3) is 0.375. The van der Waals surface area contributed by atoms with Crippen LogP contribution in [0.1, 0.15) is 25.7 Å². The van der Waals surface area contributed by atoms with Crippen molar-refractivity contribution in [1.82, 2.24) is 10.3 Å². The SMILES string of the molecule is O=C(Nc1ccc(-c2cscn2)cc1)NC1(CO)CCCC1. The van der Waals surface area contributed by atoms with Gasteiger partial charge in [-0.2, -0.15) is 0 Å². The molecular formula is C16H19N3O2S. The summed E-state index contributed by atoms with van der Waals surface area (Å²) in [5.74, 6) is 0. The van der Waals surface area contributed by atoms with Crippen molar-refractivity contribution in [3.63, 3.8) is 0 Å². The van der Waals surface area contributed by atoms with E-state index in [4.69, 9.17) is 0 Å². The van der Waals surface area contributed by atoms with Gasteiger partial charge in [-0.1, -0.05) is 25.0 Å². The summed E-state index contributed by atoms with van der Waals surface area (Å²) in [5.41, 5.74) is 4.03. The summed E-state index contributed by atoms with van der Waals surface area (Å²) < 4.78 is 0. The average Bonchev–Trinajstić information content (AvgIpc) is 3.20. The molecule has 1 aromatic carbocycles. The van der Waals surface area contributed by atoms with Crippen LogP contribution in [0, 0.1) is 0 Å². The Hall–Kier alpha value is -1.92. The summed E-state index contributed by atoms with van der Waals surface area (Å²) in [6.07, 6.45) is 3.76. The second-order valence-corrected chi connectivity index (χ2v) is 6.39. The lowest BCUT2D eigenvalue weighted by atomic mass is 9.99. The van der Waals surface area contributed by atoms with E-state index in [1.807, 2.05) is 29.6 Å². The molecule has 2 aromatic rings. The maximum Gasteiger partial charge on any atom is 0.319 e. The van der Waals surface area contributed by atoms with E-state index in [-0.39, 0.29) is 12.6 Å². The molecule has 1 aliphatic carbocycles. The molecule has 6 heteroatoms. The van der Waals surface area contributed by atoms with Crippen LogP contribution in [-0.2, 0) is 0 Å². The van der Waals surface area contributed by atoms with E-state index in [9.17, 15) is 9.90 Å². The first-order chi connectivity index (χ1) is 10.7. The highest BCUT2D eigenvalue weighted by Crippen LogP contribution is 2.29. The minimum absolute atomic E-state index is 0.0107. The summed E-state index contributed by atoms with van der Waals surface area (Å²) in [4.78, 5) is 16.4. The number of aromatic nitrogens is 1. The Kier molecular flexibility index (Phi) is 4.40. The lowest BCUT2D eigenvalue weighted by Crippen LogP contribution is -2.50. The highest BCUT2D eigenvalue weighted by molar-refractivity contribution is 7.07. The van der Waals surface area contributed by atoms with Gasteiger partial charge >= 0.3 is 6.03 Å².